The number of aliphatic carboxylic acids is 1. The summed E-state index contributed by atoms with van der Waals surface area (Å²) >= 11 is 0. The number of aliphatic hydroxyl groups excluding tert-OH is 2. The van der Waals surface area contributed by atoms with Gasteiger partial charge in [0.1, 0.15) is 36.3 Å². The molecule has 0 radical (unpaired) electrons. The number of carbonyl (C=O) groups excluding carboxylic acids is 6. The van der Waals surface area contributed by atoms with E-state index in [0.29, 0.717) is 17.5 Å². The van der Waals surface area contributed by atoms with Crippen molar-refractivity contribution in [3.05, 3.63) is 71.9 Å². The van der Waals surface area contributed by atoms with Gasteiger partial charge in [0.2, 0.25) is 35.4 Å². The molecular formula is C42H60N8O10. The van der Waals surface area contributed by atoms with Crippen molar-refractivity contribution in [3.63, 3.8) is 0 Å². The summed E-state index contributed by atoms with van der Waals surface area (Å²) < 4.78 is 0. The minimum atomic E-state index is -1.59. The summed E-state index contributed by atoms with van der Waals surface area (Å²) in [4.78, 5) is 95.8. The van der Waals surface area contributed by atoms with E-state index in [9.17, 15) is 48.9 Å². The van der Waals surface area contributed by atoms with E-state index in [1.54, 1.807) is 56.4 Å². The Hall–Kier alpha value is -5.85. The van der Waals surface area contributed by atoms with Crippen molar-refractivity contribution in [3.8, 4) is 0 Å². The molecule has 0 saturated heterocycles. The van der Waals surface area contributed by atoms with Crippen LogP contribution in [0.1, 0.15) is 65.5 Å². The minimum Gasteiger partial charge on any atom is -0.480 e. The summed E-state index contributed by atoms with van der Waals surface area (Å²) in [6.45, 7) is 9.11. The van der Waals surface area contributed by atoms with Gasteiger partial charge in [-0.25, -0.2) is 4.79 Å². The maximum atomic E-state index is 14.2. The Morgan fingerprint density at radius 3 is 1.77 bits per heavy atom. The molecule has 328 valence electrons. The molecule has 0 spiro atoms. The number of aromatic amines is 1. The third-order valence-electron chi connectivity index (χ3n) is 9.66. The first-order valence-corrected chi connectivity index (χ1v) is 20.0. The van der Waals surface area contributed by atoms with E-state index in [1.165, 1.54) is 13.8 Å². The van der Waals surface area contributed by atoms with Gasteiger partial charge in [0.15, 0.2) is 0 Å². The summed E-state index contributed by atoms with van der Waals surface area (Å²) in [7, 11) is 0. The zero-order valence-electron chi connectivity index (χ0n) is 34.9. The molecule has 0 aliphatic rings. The fraction of sp³-hybridized carbons (Fsp3) is 0.500. The molecule has 18 heteroatoms. The van der Waals surface area contributed by atoms with Gasteiger partial charge < -0.3 is 57.9 Å². The molecule has 3 rings (SSSR count). The second-order valence-electron chi connectivity index (χ2n) is 15.8. The lowest BCUT2D eigenvalue weighted by Gasteiger charge is -2.28. The van der Waals surface area contributed by atoms with Crippen LogP contribution in [0.4, 0.5) is 0 Å². The highest BCUT2D eigenvalue weighted by Gasteiger charge is 2.35. The van der Waals surface area contributed by atoms with Gasteiger partial charge in [-0.05, 0) is 55.7 Å². The lowest BCUT2D eigenvalue weighted by molar-refractivity contribution is -0.142. The zero-order valence-corrected chi connectivity index (χ0v) is 34.9. The van der Waals surface area contributed by atoms with Gasteiger partial charge in [0, 0.05) is 29.9 Å². The van der Waals surface area contributed by atoms with Crippen LogP contribution in [0.15, 0.2) is 60.8 Å². The maximum Gasteiger partial charge on any atom is 0.326 e. The summed E-state index contributed by atoms with van der Waals surface area (Å²) in [6, 6.07) is 6.52. The van der Waals surface area contributed by atoms with Crippen molar-refractivity contribution in [1.29, 1.82) is 0 Å². The van der Waals surface area contributed by atoms with E-state index in [4.69, 9.17) is 5.73 Å². The van der Waals surface area contributed by atoms with Crippen LogP contribution in [-0.4, -0.2) is 117 Å². The van der Waals surface area contributed by atoms with Crippen LogP contribution in [0, 0.1) is 11.8 Å². The number of carbonyl (C=O) groups is 7. The summed E-state index contributed by atoms with van der Waals surface area (Å²) in [5.41, 5.74) is 7.94. The molecule has 3 aromatic rings. The van der Waals surface area contributed by atoms with E-state index >= 15 is 0 Å². The SMILES string of the molecule is CC(C)C[C@H](NC(=O)[C@H](Cc1c[nH]c2ccccc12)NC(=O)[C@@H](NC(=O)[C@H](C)NC(=O)[C@@H](N)CC(C)C)[C@@H](C)O)C(=O)N[C@@H](CO)C(=O)N[C@@H](Cc1ccccc1)C(=O)O. The van der Waals surface area contributed by atoms with Crippen LogP contribution in [0.2, 0.25) is 0 Å². The number of amides is 6. The van der Waals surface area contributed by atoms with Crippen LogP contribution in [0.5, 0.6) is 0 Å². The molecule has 2 aromatic carbocycles. The first kappa shape index (κ1) is 48.5. The molecule has 0 fully saturated rings. The van der Waals surface area contributed by atoms with Crippen LogP contribution in [0.3, 0.4) is 0 Å². The number of rotatable bonds is 23. The maximum absolute atomic E-state index is 14.2. The Balaban J connectivity index is 1.83. The number of hydrogen-bond acceptors (Lipinski definition) is 10. The highest BCUT2D eigenvalue weighted by atomic mass is 16.4. The Morgan fingerprint density at radius 2 is 1.17 bits per heavy atom. The fourth-order valence-electron chi connectivity index (χ4n) is 6.44. The molecule has 12 N–H and O–H groups in total. The van der Waals surface area contributed by atoms with Crippen molar-refractivity contribution in [2.24, 2.45) is 17.6 Å². The van der Waals surface area contributed by atoms with Crippen LogP contribution in [-0.2, 0) is 46.4 Å². The lowest BCUT2D eigenvalue weighted by Crippen LogP contribution is -2.62. The van der Waals surface area contributed by atoms with Gasteiger partial charge >= 0.3 is 5.97 Å². The van der Waals surface area contributed by atoms with E-state index in [1.807, 2.05) is 32.0 Å². The Bertz CT molecular complexity index is 1940. The smallest absolute Gasteiger partial charge is 0.326 e. The minimum absolute atomic E-state index is 0.0492. The first-order valence-electron chi connectivity index (χ1n) is 20.0. The molecule has 0 aliphatic heterocycles. The molecule has 18 nitrogen and oxygen atoms in total. The first-order chi connectivity index (χ1) is 28.3. The molecule has 0 aliphatic carbocycles. The average molecular weight is 837 g/mol. The third kappa shape index (κ3) is 14.8. The number of fused-ring (bicyclic) bond motifs is 1. The Morgan fingerprint density at radius 1 is 0.617 bits per heavy atom. The van der Waals surface area contributed by atoms with E-state index in [2.05, 4.69) is 36.9 Å². The number of para-hydroxylation sites is 1. The molecule has 1 aromatic heterocycles. The van der Waals surface area contributed by atoms with Gasteiger partial charge in [-0.2, -0.15) is 0 Å². The van der Waals surface area contributed by atoms with Crippen molar-refractivity contribution >= 4 is 52.3 Å². The molecule has 60 heavy (non-hydrogen) atoms. The quantitative estimate of drug-likeness (QED) is 0.0593. The number of aliphatic hydroxyl groups is 2. The number of benzene rings is 2. The third-order valence-corrected chi connectivity index (χ3v) is 9.66. The van der Waals surface area contributed by atoms with Gasteiger partial charge in [-0.1, -0.05) is 76.2 Å². The van der Waals surface area contributed by atoms with E-state index in [-0.39, 0.29) is 31.1 Å². The Labute approximate surface area is 349 Å². The van der Waals surface area contributed by atoms with Crippen molar-refractivity contribution in [2.75, 3.05) is 6.61 Å². The predicted molar refractivity (Wildman–Crippen MR) is 223 cm³/mol. The summed E-state index contributed by atoms with van der Waals surface area (Å²) in [5.74, 6) is -6.38. The summed E-state index contributed by atoms with van der Waals surface area (Å²) in [5, 5.41) is 46.2. The van der Waals surface area contributed by atoms with Crippen LogP contribution in [0.25, 0.3) is 10.9 Å². The number of aromatic nitrogens is 1. The number of carboxylic acids is 1. The molecule has 8 atom stereocenters. The second kappa shape index (κ2) is 23.1. The van der Waals surface area contributed by atoms with Crippen molar-refractivity contribution in [2.45, 2.75) is 116 Å². The number of carboxylic acid groups (broad SMARTS) is 1. The zero-order chi connectivity index (χ0) is 44.7. The molecule has 0 bridgehead atoms. The van der Waals surface area contributed by atoms with Gasteiger partial charge in [0.25, 0.3) is 0 Å². The van der Waals surface area contributed by atoms with Gasteiger partial charge in [-0.3, -0.25) is 28.8 Å². The second-order valence-corrected chi connectivity index (χ2v) is 15.8. The van der Waals surface area contributed by atoms with Gasteiger partial charge in [-0.15, -0.1) is 0 Å². The largest absolute Gasteiger partial charge is 0.480 e. The Kier molecular flexibility index (Phi) is 18.7. The number of H-pyrrole nitrogens is 1. The fourth-order valence-corrected chi connectivity index (χ4v) is 6.44. The van der Waals surface area contributed by atoms with Crippen LogP contribution >= 0.6 is 0 Å². The number of nitrogens with one attached hydrogen (secondary N) is 7. The van der Waals surface area contributed by atoms with Crippen molar-refractivity contribution < 1.29 is 48.9 Å². The number of nitrogens with two attached hydrogens (primary N) is 1. The molecule has 0 unspecified atom stereocenters. The highest BCUT2D eigenvalue weighted by molar-refractivity contribution is 5.97. The lowest BCUT2D eigenvalue weighted by atomic mass is 10.00. The molecule has 6 amide bonds. The monoisotopic (exact) mass is 836 g/mol. The average Bonchev–Trinajstić information content (AvgIpc) is 3.59. The predicted octanol–water partition coefficient (Wildman–Crippen LogP) is -0.241. The highest BCUT2D eigenvalue weighted by Crippen LogP contribution is 2.20. The van der Waals surface area contributed by atoms with E-state index in [0.717, 1.165) is 10.9 Å². The van der Waals surface area contributed by atoms with Crippen LogP contribution < -0.4 is 37.6 Å². The standard InChI is InChI=1S/C42H60N8O10/c1-22(2)16-29(43)37(54)45-24(5)36(53)50-35(25(6)52)41(58)47-32(19-27-20-44-30-15-11-10-14-28(27)30)39(56)46-31(17-23(3)4)38(55)49-34(21-51)40(57)48-33(42(59)60)18-26-12-8-7-9-13-26/h7-15,20,22-25,29,31-35,44,51-52H,16-19,21,43H2,1-6H3,(H,45,54)(H,46,56)(H,47,58)(H,48,57)(H,49,55)(H,50,53)(H,59,60)/t24-,25+,29-,31-,32-,33-,34-,35-/m0/s1. The molecule has 1 heterocycles. The number of hydrogen-bond donors (Lipinski definition) is 11. The molecular weight excluding hydrogens is 777 g/mol. The van der Waals surface area contributed by atoms with E-state index < -0.39 is 96.4 Å². The van der Waals surface area contributed by atoms with Crippen molar-refractivity contribution in [1.82, 2.24) is 36.9 Å². The normalized spacial score (nSPS) is 15.4. The van der Waals surface area contributed by atoms with Gasteiger partial charge in [0.05, 0.1) is 18.8 Å². The topological polar surface area (TPSA) is 294 Å². The summed E-state index contributed by atoms with van der Waals surface area (Å²) in [6.07, 6.45) is 0.436. The molecule has 0 saturated carbocycles.